The number of carbonyl (C=O) groups excluding carboxylic acids is 1. The zero-order chi connectivity index (χ0) is 14.4. The fourth-order valence-electron chi connectivity index (χ4n) is 3.62. The second kappa shape index (κ2) is 4.77. The summed E-state index contributed by atoms with van der Waals surface area (Å²) in [4.78, 5) is 14.4. The van der Waals surface area contributed by atoms with Crippen LogP contribution in [0.1, 0.15) is 36.1 Å². The smallest absolute Gasteiger partial charge is 0.240 e. The van der Waals surface area contributed by atoms with E-state index in [0.29, 0.717) is 6.04 Å². The molecule has 0 aliphatic carbocycles. The molecule has 2 aliphatic heterocycles. The molecule has 108 valence electrons. The lowest BCUT2D eigenvalue weighted by Gasteiger charge is -2.34. The van der Waals surface area contributed by atoms with Crippen molar-refractivity contribution in [2.75, 3.05) is 13.7 Å². The van der Waals surface area contributed by atoms with E-state index in [1.165, 1.54) is 11.1 Å². The van der Waals surface area contributed by atoms with Gasteiger partial charge in [-0.05, 0) is 49.9 Å². The summed E-state index contributed by atoms with van der Waals surface area (Å²) in [5, 5.41) is 3.28. The standard InChI is InChI=1S/C16H22N2O2/c1-9-10(2)15(20-4)6-5-13(9)11(3)18-12-7-14(16(18)19)17-8-12/h5-6,11-12,14,17H,7-8H2,1-4H3/t11-,12-,14-/m0/s1. The Hall–Kier alpha value is -1.55. The summed E-state index contributed by atoms with van der Waals surface area (Å²) in [6, 6.07) is 4.62. The Labute approximate surface area is 120 Å². The molecule has 0 saturated carbocycles. The van der Waals surface area contributed by atoms with Gasteiger partial charge in [0, 0.05) is 12.6 Å². The van der Waals surface area contributed by atoms with E-state index >= 15 is 0 Å². The molecule has 2 aliphatic rings. The highest BCUT2D eigenvalue weighted by atomic mass is 16.5. The van der Waals surface area contributed by atoms with E-state index < -0.39 is 0 Å². The summed E-state index contributed by atoms with van der Waals surface area (Å²) in [7, 11) is 1.69. The van der Waals surface area contributed by atoms with Crippen LogP contribution in [-0.2, 0) is 4.79 Å². The molecule has 2 heterocycles. The molecule has 0 spiro atoms. The molecule has 2 saturated heterocycles. The molecule has 3 rings (SSSR count). The molecular weight excluding hydrogens is 252 g/mol. The molecule has 3 atom stereocenters. The third-order valence-corrected chi connectivity index (χ3v) is 4.92. The van der Waals surface area contributed by atoms with Gasteiger partial charge in [0.1, 0.15) is 5.75 Å². The fourth-order valence-corrected chi connectivity index (χ4v) is 3.62. The van der Waals surface area contributed by atoms with E-state index in [9.17, 15) is 4.79 Å². The molecule has 0 aromatic heterocycles. The van der Waals surface area contributed by atoms with E-state index in [2.05, 4.69) is 37.1 Å². The number of hydrogen-bond donors (Lipinski definition) is 1. The molecular formula is C16H22N2O2. The van der Waals surface area contributed by atoms with Crippen LogP contribution in [0.15, 0.2) is 12.1 Å². The number of piperazine rings is 1. The number of nitrogens with one attached hydrogen (secondary N) is 1. The summed E-state index contributed by atoms with van der Waals surface area (Å²) in [5.74, 6) is 1.16. The topological polar surface area (TPSA) is 41.6 Å². The number of amides is 1. The van der Waals surface area contributed by atoms with Gasteiger partial charge >= 0.3 is 0 Å². The second-order valence-corrected chi connectivity index (χ2v) is 5.88. The minimum absolute atomic E-state index is 0.0436. The minimum Gasteiger partial charge on any atom is -0.496 e. The average Bonchev–Trinajstić information content (AvgIpc) is 3.02. The maximum absolute atomic E-state index is 12.3. The van der Waals surface area contributed by atoms with Crippen molar-refractivity contribution in [1.29, 1.82) is 0 Å². The quantitative estimate of drug-likeness (QED) is 0.916. The maximum atomic E-state index is 12.3. The van der Waals surface area contributed by atoms with Crippen LogP contribution < -0.4 is 10.1 Å². The highest BCUT2D eigenvalue weighted by molar-refractivity contribution is 5.86. The Kier molecular flexibility index (Phi) is 3.21. The Morgan fingerprint density at radius 2 is 2.10 bits per heavy atom. The van der Waals surface area contributed by atoms with E-state index in [4.69, 9.17) is 4.74 Å². The number of hydrogen-bond acceptors (Lipinski definition) is 3. The summed E-state index contributed by atoms with van der Waals surface area (Å²) in [6.07, 6.45) is 0.956. The van der Waals surface area contributed by atoms with Crippen molar-refractivity contribution in [3.05, 3.63) is 28.8 Å². The first-order valence-corrected chi connectivity index (χ1v) is 7.24. The van der Waals surface area contributed by atoms with E-state index in [-0.39, 0.29) is 18.0 Å². The van der Waals surface area contributed by atoms with Gasteiger partial charge in [-0.15, -0.1) is 0 Å². The predicted octanol–water partition coefficient (Wildman–Crippen LogP) is 1.95. The third kappa shape index (κ3) is 1.82. The van der Waals surface area contributed by atoms with Crippen LogP contribution in [0.25, 0.3) is 0 Å². The summed E-state index contributed by atoms with van der Waals surface area (Å²) >= 11 is 0. The van der Waals surface area contributed by atoms with E-state index in [0.717, 1.165) is 24.3 Å². The summed E-state index contributed by atoms with van der Waals surface area (Å²) < 4.78 is 5.37. The van der Waals surface area contributed by atoms with E-state index in [1.54, 1.807) is 7.11 Å². The van der Waals surface area contributed by atoms with Crippen LogP contribution in [0, 0.1) is 13.8 Å². The third-order valence-electron chi connectivity index (χ3n) is 4.92. The molecule has 1 aromatic rings. The molecule has 1 amide bonds. The molecule has 0 unspecified atom stereocenters. The largest absolute Gasteiger partial charge is 0.496 e. The molecule has 2 fully saturated rings. The number of fused-ring (bicyclic) bond motifs is 2. The van der Waals surface area contributed by atoms with Gasteiger partial charge < -0.3 is 15.0 Å². The van der Waals surface area contributed by atoms with Crippen molar-refractivity contribution in [3.63, 3.8) is 0 Å². The number of ether oxygens (including phenoxy) is 1. The molecule has 20 heavy (non-hydrogen) atoms. The molecule has 4 heteroatoms. The summed E-state index contributed by atoms with van der Waals surface area (Å²) in [5.41, 5.74) is 3.61. The number of likely N-dealkylation sites (tertiary alicyclic amines) is 1. The first kappa shape index (κ1) is 13.4. The summed E-state index contributed by atoms with van der Waals surface area (Å²) in [6.45, 7) is 7.24. The van der Waals surface area contributed by atoms with Gasteiger partial charge in [0.2, 0.25) is 5.91 Å². The zero-order valence-electron chi connectivity index (χ0n) is 12.6. The SMILES string of the molecule is COc1ccc([C@H](C)N2C(=O)[C@@H]3C[C@H]2CN3)c(C)c1C. The van der Waals surface area contributed by atoms with Gasteiger partial charge in [-0.1, -0.05) is 6.07 Å². The molecule has 1 aromatic carbocycles. The number of nitrogens with zero attached hydrogens (tertiary/aromatic N) is 1. The number of carbonyl (C=O) groups is 1. The highest BCUT2D eigenvalue weighted by Gasteiger charge is 2.46. The molecule has 4 nitrogen and oxygen atoms in total. The first-order valence-electron chi connectivity index (χ1n) is 7.24. The second-order valence-electron chi connectivity index (χ2n) is 5.88. The predicted molar refractivity (Wildman–Crippen MR) is 77.9 cm³/mol. The molecule has 0 radical (unpaired) electrons. The maximum Gasteiger partial charge on any atom is 0.240 e. The van der Waals surface area contributed by atoms with Crippen LogP contribution in [0.3, 0.4) is 0 Å². The van der Waals surface area contributed by atoms with Crippen molar-refractivity contribution in [1.82, 2.24) is 10.2 Å². The molecule has 1 N–H and O–H groups in total. The van der Waals surface area contributed by atoms with Gasteiger partial charge in [-0.2, -0.15) is 0 Å². The number of methoxy groups -OCH3 is 1. The number of rotatable bonds is 3. The monoisotopic (exact) mass is 274 g/mol. The van der Waals surface area contributed by atoms with E-state index in [1.807, 2.05) is 6.07 Å². The normalized spacial score (nSPS) is 26.2. The Morgan fingerprint density at radius 1 is 1.35 bits per heavy atom. The van der Waals surface area contributed by atoms with Gasteiger partial charge in [-0.25, -0.2) is 0 Å². The van der Waals surface area contributed by atoms with Crippen molar-refractivity contribution in [3.8, 4) is 5.75 Å². The Balaban J connectivity index is 1.93. The minimum atomic E-state index is 0.0436. The van der Waals surface area contributed by atoms with Gasteiger partial charge in [0.25, 0.3) is 0 Å². The van der Waals surface area contributed by atoms with Gasteiger partial charge in [0.15, 0.2) is 0 Å². The number of benzene rings is 1. The lowest BCUT2D eigenvalue weighted by molar-refractivity contribution is -0.134. The first-order chi connectivity index (χ1) is 9.54. The van der Waals surface area contributed by atoms with Crippen molar-refractivity contribution in [2.24, 2.45) is 0 Å². The lowest BCUT2D eigenvalue weighted by Crippen LogP contribution is -2.49. The van der Waals surface area contributed by atoms with Gasteiger partial charge in [0.05, 0.1) is 19.2 Å². The average molecular weight is 274 g/mol. The van der Waals surface area contributed by atoms with Crippen LogP contribution in [0.2, 0.25) is 0 Å². The lowest BCUT2D eigenvalue weighted by atomic mass is 9.96. The Bertz CT molecular complexity index is 556. The fraction of sp³-hybridized carbons (Fsp3) is 0.562. The Morgan fingerprint density at radius 3 is 2.70 bits per heavy atom. The highest BCUT2D eigenvalue weighted by Crippen LogP contribution is 2.36. The van der Waals surface area contributed by atoms with Crippen LogP contribution in [-0.4, -0.2) is 36.5 Å². The van der Waals surface area contributed by atoms with Crippen LogP contribution in [0.5, 0.6) is 5.75 Å². The van der Waals surface area contributed by atoms with Crippen molar-refractivity contribution < 1.29 is 9.53 Å². The van der Waals surface area contributed by atoms with Crippen LogP contribution >= 0.6 is 0 Å². The zero-order valence-corrected chi connectivity index (χ0v) is 12.6. The van der Waals surface area contributed by atoms with Gasteiger partial charge in [-0.3, -0.25) is 4.79 Å². The van der Waals surface area contributed by atoms with Crippen LogP contribution in [0.4, 0.5) is 0 Å². The van der Waals surface area contributed by atoms with Crippen molar-refractivity contribution >= 4 is 5.91 Å². The molecule has 2 bridgehead atoms. The van der Waals surface area contributed by atoms with Crippen molar-refractivity contribution in [2.45, 2.75) is 45.3 Å².